The summed E-state index contributed by atoms with van der Waals surface area (Å²) in [4.78, 5) is 7.92. The first-order valence-corrected chi connectivity index (χ1v) is 5.37. The molecular weight excluding hydrogens is 240 g/mol. The van der Waals surface area contributed by atoms with E-state index in [1.54, 1.807) is 13.2 Å². The van der Waals surface area contributed by atoms with Crippen molar-refractivity contribution >= 4 is 11.6 Å². The number of hydrogen-bond donors (Lipinski definition) is 0. The number of ether oxygens (including phenoxy) is 2. The quantitative estimate of drug-likeness (QED) is 0.839. The number of para-hydroxylation sites is 1. The number of hydrogen-bond acceptors (Lipinski definition) is 4. The van der Waals surface area contributed by atoms with Crippen LogP contribution in [0.2, 0.25) is 5.02 Å². The van der Waals surface area contributed by atoms with Crippen molar-refractivity contribution in [2.45, 2.75) is 6.92 Å². The van der Waals surface area contributed by atoms with Crippen molar-refractivity contribution in [3.05, 3.63) is 41.2 Å². The van der Waals surface area contributed by atoms with Crippen LogP contribution in [0.4, 0.5) is 0 Å². The van der Waals surface area contributed by atoms with Gasteiger partial charge in [-0.15, -0.1) is 0 Å². The molecule has 0 N–H and O–H groups in total. The Balaban J connectivity index is 2.29. The molecule has 2 aromatic rings. The van der Waals surface area contributed by atoms with Crippen LogP contribution in [0.5, 0.6) is 17.5 Å². The van der Waals surface area contributed by atoms with Crippen molar-refractivity contribution in [3.63, 3.8) is 0 Å². The van der Waals surface area contributed by atoms with E-state index in [0.29, 0.717) is 16.5 Å². The molecule has 0 unspecified atom stereocenters. The molecule has 1 aromatic heterocycles. The van der Waals surface area contributed by atoms with Crippen LogP contribution in [0.15, 0.2) is 30.6 Å². The molecule has 17 heavy (non-hydrogen) atoms. The van der Waals surface area contributed by atoms with Gasteiger partial charge < -0.3 is 9.47 Å². The van der Waals surface area contributed by atoms with Gasteiger partial charge in [-0.25, -0.2) is 9.97 Å². The van der Waals surface area contributed by atoms with Gasteiger partial charge in [-0.3, -0.25) is 0 Å². The number of aryl methyl sites for hydroxylation is 1. The molecule has 0 aliphatic carbocycles. The summed E-state index contributed by atoms with van der Waals surface area (Å²) in [5.41, 5.74) is 0.985. The molecule has 0 aliphatic rings. The molecule has 0 amide bonds. The van der Waals surface area contributed by atoms with Gasteiger partial charge in [0.1, 0.15) is 0 Å². The molecule has 0 aliphatic heterocycles. The molecule has 1 heterocycles. The highest BCUT2D eigenvalue weighted by molar-refractivity contribution is 6.30. The Morgan fingerprint density at radius 1 is 1.18 bits per heavy atom. The van der Waals surface area contributed by atoms with E-state index in [-0.39, 0.29) is 6.01 Å². The molecule has 5 heteroatoms. The van der Waals surface area contributed by atoms with Crippen molar-refractivity contribution in [2.75, 3.05) is 7.11 Å². The fourth-order valence-corrected chi connectivity index (χ4v) is 1.52. The first-order chi connectivity index (χ1) is 8.20. The van der Waals surface area contributed by atoms with Crippen molar-refractivity contribution in [3.8, 4) is 17.5 Å². The summed E-state index contributed by atoms with van der Waals surface area (Å²) in [7, 11) is 1.60. The van der Waals surface area contributed by atoms with Gasteiger partial charge >= 0.3 is 6.01 Å². The van der Waals surface area contributed by atoms with Crippen LogP contribution in [-0.4, -0.2) is 17.1 Å². The maximum absolute atomic E-state index is 5.69. The summed E-state index contributed by atoms with van der Waals surface area (Å²) < 4.78 is 10.8. The molecule has 0 radical (unpaired) electrons. The Labute approximate surface area is 104 Å². The maximum Gasteiger partial charge on any atom is 0.322 e. The fourth-order valence-electron chi connectivity index (χ4n) is 1.42. The van der Waals surface area contributed by atoms with Gasteiger partial charge in [0, 0.05) is 0 Å². The van der Waals surface area contributed by atoms with Gasteiger partial charge in [-0.2, -0.15) is 0 Å². The van der Waals surface area contributed by atoms with Gasteiger partial charge in [0.05, 0.1) is 24.5 Å². The molecular formula is C12H11ClN2O2. The summed E-state index contributed by atoms with van der Waals surface area (Å²) in [5, 5.41) is 0.466. The maximum atomic E-state index is 5.69. The van der Waals surface area contributed by atoms with Crippen LogP contribution >= 0.6 is 11.6 Å². The average molecular weight is 251 g/mol. The van der Waals surface area contributed by atoms with E-state index >= 15 is 0 Å². The number of methoxy groups -OCH3 is 1. The second-order valence-corrected chi connectivity index (χ2v) is 3.83. The highest BCUT2D eigenvalue weighted by atomic mass is 35.5. The summed E-state index contributed by atoms with van der Waals surface area (Å²) >= 11 is 5.69. The first-order valence-electron chi connectivity index (χ1n) is 4.99. The molecule has 0 bridgehead atoms. The monoisotopic (exact) mass is 250 g/mol. The van der Waals surface area contributed by atoms with Gasteiger partial charge in [-0.05, 0) is 18.6 Å². The lowest BCUT2D eigenvalue weighted by Crippen LogP contribution is -1.95. The molecule has 2 rings (SSSR count). The van der Waals surface area contributed by atoms with E-state index in [0.717, 1.165) is 5.56 Å². The first kappa shape index (κ1) is 11.7. The van der Waals surface area contributed by atoms with E-state index in [2.05, 4.69) is 9.97 Å². The molecule has 0 spiro atoms. The van der Waals surface area contributed by atoms with Crippen molar-refractivity contribution in [1.82, 2.24) is 9.97 Å². The number of nitrogens with zero attached hydrogens (tertiary/aromatic N) is 2. The smallest absolute Gasteiger partial charge is 0.322 e. The van der Waals surface area contributed by atoms with Crippen LogP contribution in [-0.2, 0) is 0 Å². The summed E-state index contributed by atoms with van der Waals surface area (Å²) in [6, 6.07) is 5.85. The van der Waals surface area contributed by atoms with Crippen molar-refractivity contribution < 1.29 is 9.47 Å². The molecule has 0 saturated carbocycles. The lowest BCUT2D eigenvalue weighted by atomic mass is 10.2. The van der Waals surface area contributed by atoms with Crippen LogP contribution in [0.3, 0.4) is 0 Å². The zero-order valence-electron chi connectivity index (χ0n) is 9.48. The normalized spacial score (nSPS) is 10.1. The van der Waals surface area contributed by atoms with E-state index in [4.69, 9.17) is 21.1 Å². The zero-order chi connectivity index (χ0) is 12.3. The molecule has 1 aromatic carbocycles. The number of aromatic nitrogens is 2. The van der Waals surface area contributed by atoms with Crippen LogP contribution in [0.25, 0.3) is 0 Å². The van der Waals surface area contributed by atoms with Crippen LogP contribution in [0, 0.1) is 6.92 Å². The summed E-state index contributed by atoms with van der Waals surface area (Å²) in [6.07, 6.45) is 2.96. The minimum absolute atomic E-state index is 0.235. The second kappa shape index (κ2) is 5.01. The van der Waals surface area contributed by atoms with Crippen LogP contribution < -0.4 is 9.47 Å². The van der Waals surface area contributed by atoms with Crippen LogP contribution in [0.1, 0.15) is 5.56 Å². The molecule has 0 atom stereocenters. The Kier molecular flexibility index (Phi) is 3.44. The van der Waals surface area contributed by atoms with E-state index in [1.807, 2.05) is 19.1 Å². The van der Waals surface area contributed by atoms with E-state index in [1.165, 1.54) is 12.4 Å². The Hall–Kier alpha value is -1.81. The predicted molar refractivity (Wildman–Crippen MR) is 64.8 cm³/mol. The van der Waals surface area contributed by atoms with Gasteiger partial charge in [0.25, 0.3) is 0 Å². The molecule has 0 saturated heterocycles. The van der Waals surface area contributed by atoms with Crippen molar-refractivity contribution in [1.29, 1.82) is 0 Å². The number of benzene rings is 1. The lowest BCUT2D eigenvalue weighted by Gasteiger charge is -2.10. The van der Waals surface area contributed by atoms with E-state index < -0.39 is 0 Å². The fraction of sp³-hybridized carbons (Fsp3) is 0.167. The largest absolute Gasteiger partial charge is 0.493 e. The predicted octanol–water partition coefficient (Wildman–Crippen LogP) is 3.24. The summed E-state index contributed by atoms with van der Waals surface area (Å²) in [6.45, 7) is 1.94. The lowest BCUT2D eigenvalue weighted by molar-refractivity contribution is 0.365. The Bertz CT molecular complexity index is 514. The zero-order valence-corrected chi connectivity index (χ0v) is 10.2. The minimum atomic E-state index is 0.235. The Morgan fingerprint density at radius 3 is 2.53 bits per heavy atom. The SMILES string of the molecule is COc1c(C)cccc1Oc1ncc(Cl)cn1. The Morgan fingerprint density at radius 2 is 1.88 bits per heavy atom. The third kappa shape index (κ3) is 2.65. The topological polar surface area (TPSA) is 44.2 Å². The molecule has 88 valence electrons. The van der Waals surface area contributed by atoms with Gasteiger partial charge in [-0.1, -0.05) is 23.7 Å². The average Bonchev–Trinajstić information content (AvgIpc) is 2.32. The number of rotatable bonds is 3. The highest BCUT2D eigenvalue weighted by Crippen LogP contribution is 2.32. The summed E-state index contributed by atoms with van der Waals surface area (Å²) in [5.74, 6) is 1.25. The third-order valence-electron chi connectivity index (χ3n) is 2.18. The number of halogens is 1. The minimum Gasteiger partial charge on any atom is -0.493 e. The van der Waals surface area contributed by atoms with Crippen molar-refractivity contribution in [2.24, 2.45) is 0 Å². The molecule has 4 nitrogen and oxygen atoms in total. The highest BCUT2D eigenvalue weighted by Gasteiger charge is 2.09. The molecule has 0 fully saturated rings. The second-order valence-electron chi connectivity index (χ2n) is 3.39. The van der Waals surface area contributed by atoms with Gasteiger partial charge in [0.2, 0.25) is 0 Å². The van der Waals surface area contributed by atoms with E-state index in [9.17, 15) is 0 Å². The third-order valence-corrected chi connectivity index (χ3v) is 2.37. The standard InChI is InChI=1S/C12H11ClN2O2/c1-8-4-3-5-10(11(8)16-2)17-12-14-6-9(13)7-15-12/h3-7H,1-2H3. The van der Waals surface area contributed by atoms with Gasteiger partial charge in [0.15, 0.2) is 11.5 Å².